The molecule has 0 saturated carbocycles. The Morgan fingerprint density at radius 2 is 1.92 bits per heavy atom. The summed E-state index contributed by atoms with van der Waals surface area (Å²) < 4.78 is 11.0. The van der Waals surface area contributed by atoms with Gasteiger partial charge in [-0.2, -0.15) is 0 Å². The van der Waals surface area contributed by atoms with E-state index in [9.17, 15) is 4.79 Å². The number of ether oxygens (including phenoxy) is 2. The molecule has 0 saturated heterocycles. The highest BCUT2D eigenvalue weighted by Crippen LogP contribution is 2.32. The molecule has 0 aromatic heterocycles. The van der Waals surface area contributed by atoms with Crippen molar-refractivity contribution in [1.82, 2.24) is 0 Å². The number of carbonyl (C=O) groups excluding carboxylic acids is 1. The van der Waals surface area contributed by atoms with Crippen LogP contribution in [0, 0.1) is 0 Å². The maximum atomic E-state index is 12.4. The molecule has 1 unspecified atom stereocenters. The van der Waals surface area contributed by atoms with Crippen LogP contribution in [0.4, 0.5) is 5.69 Å². The maximum Gasteiger partial charge on any atom is 0.279 e. The highest BCUT2D eigenvalue weighted by Gasteiger charge is 2.16. The Hall–Kier alpha value is -2.24. The molecule has 1 amide bonds. The lowest BCUT2D eigenvalue weighted by molar-refractivity contribution is -0.903. The average molecular weight is 362 g/mol. The van der Waals surface area contributed by atoms with Crippen molar-refractivity contribution in [2.45, 2.75) is 13.5 Å². The van der Waals surface area contributed by atoms with Crippen LogP contribution in [0.1, 0.15) is 12.5 Å². The monoisotopic (exact) mass is 361 g/mol. The van der Waals surface area contributed by atoms with E-state index in [2.05, 4.69) is 12.2 Å². The number of benzene rings is 2. The molecule has 0 radical (unpaired) electrons. The van der Waals surface area contributed by atoms with E-state index in [1.54, 1.807) is 6.07 Å². The molecule has 6 heteroatoms. The Balaban J connectivity index is 1.60. The first kappa shape index (κ1) is 17.6. The molecule has 1 heterocycles. The molecule has 0 spiro atoms. The standard InChI is InChI=1S/C19H21ClN2O3/c1-2-22(12-14-5-3-4-6-16(14)20)13-19(23)21-15-7-8-17-18(11-15)25-10-9-24-17/h3-8,11H,2,9-10,12-13H2,1H3,(H,21,23)/p+1. The summed E-state index contributed by atoms with van der Waals surface area (Å²) in [4.78, 5) is 13.5. The predicted octanol–water partition coefficient (Wildman–Crippen LogP) is 2.15. The zero-order valence-electron chi connectivity index (χ0n) is 14.2. The van der Waals surface area contributed by atoms with Gasteiger partial charge in [0.15, 0.2) is 18.0 Å². The summed E-state index contributed by atoms with van der Waals surface area (Å²) >= 11 is 6.22. The number of hydrogen-bond donors (Lipinski definition) is 2. The minimum absolute atomic E-state index is 0.0411. The summed E-state index contributed by atoms with van der Waals surface area (Å²) in [5.74, 6) is 1.34. The number of anilines is 1. The van der Waals surface area contributed by atoms with E-state index < -0.39 is 0 Å². The molecule has 2 aromatic rings. The number of carbonyl (C=O) groups is 1. The fourth-order valence-corrected chi connectivity index (χ4v) is 2.98. The van der Waals surface area contributed by atoms with Gasteiger partial charge in [-0.1, -0.05) is 29.8 Å². The molecule has 2 aromatic carbocycles. The zero-order valence-corrected chi connectivity index (χ0v) is 14.9. The number of fused-ring (bicyclic) bond motifs is 1. The van der Waals surface area contributed by atoms with Gasteiger partial charge in [0.1, 0.15) is 19.8 Å². The molecule has 0 bridgehead atoms. The van der Waals surface area contributed by atoms with E-state index >= 15 is 0 Å². The van der Waals surface area contributed by atoms with Crippen LogP contribution in [0.15, 0.2) is 42.5 Å². The van der Waals surface area contributed by atoms with E-state index in [1.807, 2.05) is 36.4 Å². The summed E-state index contributed by atoms with van der Waals surface area (Å²) in [6.07, 6.45) is 0. The molecule has 1 aliphatic rings. The van der Waals surface area contributed by atoms with Gasteiger partial charge in [0.2, 0.25) is 0 Å². The first-order chi connectivity index (χ1) is 12.2. The fourth-order valence-electron chi connectivity index (χ4n) is 2.78. The molecule has 1 atom stereocenters. The van der Waals surface area contributed by atoms with Crippen LogP contribution in [0.3, 0.4) is 0 Å². The van der Waals surface area contributed by atoms with Gasteiger partial charge in [-0.15, -0.1) is 0 Å². The van der Waals surface area contributed by atoms with Crippen LogP contribution in [0.5, 0.6) is 11.5 Å². The van der Waals surface area contributed by atoms with Crippen LogP contribution in [0.25, 0.3) is 0 Å². The number of rotatable bonds is 6. The van der Waals surface area contributed by atoms with E-state index in [0.717, 1.165) is 22.0 Å². The maximum absolute atomic E-state index is 12.4. The largest absolute Gasteiger partial charge is 0.486 e. The van der Waals surface area contributed by atoms with Crippen LogP contribution in [-0.4, -0.2) is 32.2 Å². The van der Waals surface area contributed by atoms with Crippen molar-refractivity contribution >= 4 is 23.2 Å². The van der Waals surface area contributed by atoms with Gasteiger partial charge in [-0.25, -0.2) is 0 Å². The van der Waals surface area contributed by atoms with E-state index in [1.165, 1.54) is 0 Å². The van der Waals surface area contributed by atoms with Gasteiger partial charge in [-0.3, -0.25) is 4.79 Å². The van der Waals surface area contributed by atoms with Gasteiger partial charge in [0, 0.05) is 22.3 Å². The first-order valence-electron chi connectivity index (χ1n) is 8.42. The van der Waals surface area contributed by atoms with Gasteiger partial charge in [-0.05, 0) is 25.1 Å². The normalized spacial score (nSPS) is 14.0. The third-order valence-corrected chi connectivity index (χ3v) is 4.50. The van der Waals surface area contributed by atoms with Crippen LogP contribution >= 0.6 is 11.6 Å². The predicted molar refractivity (Wildman–Crippen MR) is 97.6 cm³/mol. The SMILES string of the molecule is CC[NH+](CC(=O)Nc1ccc2c(c1)OCCO2)Cc1ccccc1Cl. The molecule has 1 aliphatic heterocycles. The number of hydrogen-bond acceptors (Lipinski definition) is 3. The smallest absolute Gasteiger partial charge is 0.279 e. The molecule has 0 aliphatic carbocycles. The third-order valence-electron chi connectivity index (χ3n) is 4.13. The number of nitrogens with one attached hydrogen (secondary N) is 2. The highest BCUT2D eigenvalue weighted by molar-refractivity contribution is 6.31. The Labute approximate surface area is 152 Å². The Morgan fingerprint density at radius 1 is 1.16 bits per heavy atom. The van der Waals surface area contributed by atoms with E-state index in [0.29, 0.717) is 43.5 Å². The first-order valence-corrected chi connectivity index (χ1v) is 8.80. The molecule has 25 heavy (non-hydrogen) atoms. The number of amides is 1. The number of likely N-dealkylation sites (N-methyl/N-ethyl adjacent to an activating group) is 1. The summed E-state index contributed by atoms with van der Waals surface area (Å²) in [6.45, 7) is 5.05. The Morgan fingerprint density at radius 3 is 2.68 bits per heavy atom. The van der Waals surface area contributed by atoms with Crippen molar-refractivity contribution in [1.29, 1.82) is 0 Å². The van der Waals surface area contributed by atoms with Crippen molar-refractivity contribution in [2.75, 3.05) is 31.6 Å². The van der Waals surface area contributed by atoms with Gasteiger partial charge in [0.25, 0.3) is 5.91 Å². The van der Waals surface area contributed by atoms with Gasteiger partial charge >= 0.3 is 0 Å². The fraction of sp³-hybridized carbons (Fsp3) is 0.316. The molecule has 0 fully saturated rings. The molecular formula is C19H22ClN2O3+. The second-order valence-electron chi connectivity index (χ2n) is 5.96. The van der Waals surface area contributed by atoms with Crippen LogP contribution in [-0.2, 0) is 11.3 Å². The minimum Gasteiger partial charge on any atom is -0.486 e. The molecule has 5 nitrogen and oxygen atoms in total. The van der Waals surface area contributed by atoms with E-state index in [-0.39, 0.29) is 5.91 Å². The summed E-state index contributed by atoms with van der Waals surface area (Å²) in [5, 5.41) is 3.67. The topological polar surface area (TPSA) is 52.0 Å². The van der Waals surface area contributed by atoms with Gasteiger partial charge in [0.05, 0.1) is 6.54 Å². The van der Waals surface area contributed by atoms with Crippen molar-refractivity contribution < 1.29 is 19.2 Å². The number of quaternary nitrogens is 1. The summed E-state index contributed by atoms with van der Waals surface area (Å²) in [5.41, 5.74) is 1.76. The minimum atomic E-state index is -0.0411. The van der Waals surface area contributed by atoms with Gasteiger partial charge < -0.3 is 19.7 Å². The summed E-state index contributed by atoms with van der Waals surface area (Å²) in [7, 11) is 0. The zero-order chi connectivity index (χ0) is 17.6. The summed E-state index contributed by atoms with van der Waals surface area (Å²) in [6, 6.07) is 13.2. The van der Waals surface area contributed by atoms with E-state index in [4.69, 9.17) is 21.1 Å². The molecule has 132 valence electrons. The number of halogens is 1. The molecule has 2 N–H and O–H groups in total. The van der Waals surface area contributed by atoms with Crippen LogP contribution in [0.2, 0.25) is 5.02 Å². The van der Waals surface area contributed by atoms with Crippen molar-refractivity contribution in [3.05, 3.63) is 53.1 Å². The second kappa shape index (κ2) is 8.23. The quantitative estimate of drug-likeness (QED) is 0.829. The lowest BCUT2D eigenvalue weighted by atomic mass is 10.2. The Kier molecular flexibility index (Phi) is 5.79. The van der Waals surface area contributed by atoms with Crippen molar-refractivity contribution in [2.24, 2.45) is 0 Å². The third kappa shape index (κ3) is 4.65. The lowest BCUT2D eigenvalue weighted by Crippen LogP contribution is -3.11. The lowest BCUT2D eigenvalue weighted by Gasteiger charge is -2.20. The van der Waals surface area contributed by atoms with Crippen molar-refractivity contribution in [3.63, 3.8) is 0 Å². The molecule has 3 rings (SSSR count). The highest BCUT2D eigenvalue weighted by atomic mass is 35.5. The Bertz CT molecular complexity index is 751. The van der Waals surface area contributed by atoms with Crippen molar-refractivity contribution in [3.8, 4) is 11.5 Å². The second-order valence-corrected chi connectivity index (χ2v) is 6.36. The van der Waals surface area contributed by atoms with Crippen LogP contribution < -0.4 is 19.7 Å². The average Bonchev–Trinajstić information content (AvgIpc) is 2.62. The molecular weight excluding hydrogens is 340 g/mol.